The molecule has 2 fully saturated rings. The summed E-state index contributed by atoms with van der Waals surface area (Å²) in [5, 5.41) is 31.1. The summed E-state index contributed by atoms with van der Waals surface area (Å²) >= 11 is 0. The number of aliphatic hydroxyl groups is 1. The molecule has 0 spiro atoms. The molecule has 334 valence electrons. The molecule has 6 heterocycles. The van der Waals surface area contributed by atoms with Crippen molar-refractivity contribution in [1.82, 2.24) is 35.3 Å². The molecule has 2 aromatic heterocycles. The molecule has 4 aliphatic heterocycles. The van der Waals surface area contributed by atoms with E-state index in [-0.39, 0.29) is 66.6 Å². The van der Waals surface area contributed by atoms with E-state index in [1.165, 1.54) is 6.07 Å². The molecule has 2 atom stereocenters. The topological polar surface area (TPSA) is 251 Å². The fourth-order valence-electron chi connectivity index (χ4n) is 8.73. The van der Waals surface area contributed by atoms with Crippen molar-refractivity contribution >= 4 is 58.6 Å². The third-order valence-corrected chi connectivity index (χ3v) is 12.2. The maximum Gasteiger partial charge on any atom is 0.339 e. The highest BCUT2D eigenvalue weighted by atomic mass is 16.6. The van der Waals surface area contributed by atoms with Gasteiger partial charge in [-0.15, -0.1) is 10.2 Å². The summed E-state index contributed by atoms with van der Waals surface area (Å²) in [5.74, 6) is -1.62. The first-order valence-corrected chi connectivity index (χ1v) is 21.5. The van der Waals surface area contributed by atoms with Crippen LogP contribution in [0.25, 0.3) is 11.5 Å². The van der Waals surface area contributed by atoms with Crippen molar-refractivity contribution in [2.75, 3.05) is 42.2 Å². The Morgan fingerprint density at radius 1 is 0.938 bits per heavy atom. The van der Waals surface area contributed by atoms with Crippen molar-refractivity contribution in [1.29, 1.82) is 0 Å². The fraction of sp³-hybridized carbons (Fsp3) is 0.348. The zero-order valence-electron chi connectivity index (χ0n) is 35.6. The number of hydrogen-bond acceptors (Lipinski definition) is 16. The van der Waals surface area contributed by atoms with Gasteiger partial charge in [-0.25, -0.2) is 9.78 Å². The number of fused-ring (bicyclic) bond motifs is 2. The highest BCUT2D eigenvalue weighted by molar-refractivity contribution is 6.25. The zero-order chi connectivity index (χ0) is 45.4. The number of piperidine rings is 2. The van der Waals surface area contributed by atoms with Crippen molar-refractivity contribution in [3.8, 4) is 11.5 Å². The zero-order valence-corrected chi connectivity index (χ0v) is 35.6. The minimum atomic E-state index is -1.06. The summed E-state index contributed by atoms with van der Waals surface area (Å²) < 4.78 is 11.8. The first-order chi connectivity index (χ1) is 31.4. The molecule has 0 bridgehead atoms. The molecule has 9 rings (SSSR count). The molecule has 65 heavy (non-hydrogen) atoms. The summed E-state index contributed by atoms with van der Waals surface area (Å²) in [5.41, 5.74) is 3.12. The summed E-state index contributed by atoms with van der Waals surface area (Å²) in [6.45, 7) is 4.74. The normalized spacial score (nSPS) is 18.5. The van der Waals surface area contributed by atoms with Crippen LogP contribution in [0, 0.1) is 0 Å². The predicted molar refractivity (Wildman–Crippen MR) is 233 cm³/mol. The standard InChI is InChI=1S/C46H46N10O9/c1-46(2)31-22-27(13-14-28(31)44(63)65-46)49-45-48-23-30(38(52-45)50-33(24-57)25-8-4-3-5-9-25)41-54-53-40(64-41)26-17-20-55(21-18-26)36(59)12-7-19-47-32-11-6-10-29-37(32)43(62)56(42(29)61)34-15-16-35(58)51-39(34)60/h3-6,8-11,13-14,22-23,26,33-34,47,57H,7,12,15-21,24H2,1-2H3,(H,51,58,60)(H2,48,49,50,52)/t33-,34?/m1/s1. The van der Waals surface area contributed by atoms with Crippen LogP contribution in [0.2, 0.25) is 0 Å². The Morgan fingerprint density at radius 3 is 2.51 bits per heavy atom. The number of hydrogen-bond donors (Lipinski definition) is 5. The number of nitrogens with one attached hydrogen (secondary N) is 4. The van der Waals surface area contributed by atoms with E-state index in [4.69, 9.17) is 14.1 Å². The molecule has 0 saturated carbocycles. The van der Waals surface area contributed by atoms with E-state index in [1.807, 2.05) is 50.2 Å². The van der Waals surface area contributed by atoms with E-state index < -0.39 is 41.3 Å². The SMILES string of the molecule is CC1(C)OC(=O)c2ccc(Nc3ncc(-c4nnc(C5CCN(C(=O)CCCNc6cccc7c6C(=O)N(C6CCC(=O)NC6=O)C7=O)CC5)o4)c(N[C@H](CO)c4ccccc4)n3)cc21. The maximum atomic E-state index is 13.4. The summed E-state index contributed by atoms with van der Waals surface area (Å²) in [6, 6.07) is 18.0. The molecule has 0 radical (unpaired) electrons. The van der Waals surface area contributed by atoms with Gasteiger partial charge in [-0.05, 0) is 75.4 Å². The highest BCUT2D eigenvalue weighted by Gasteiger charge is 2.46. The Labute approximate surface area is 372 Å². The predicted octanol–water partition coefficient (Wildman–Crippen LogP) is 4.82. The lowest BCUT2D eigenvalue weighted by Crippen LogP contribution is -2.54. The minimum Gasteiger partial charge on any atom is -0.451 e. The summed E-state index contributed by atoms with van der Waals surface area (Å²) in [6.07, 6.45) is 3.57. The van der Waals surface area contributed by atoms with Crippen LogP contribution in [-0.4, -0.2) is 103 Å². The van der Waals surface area contributed by atoms with Gasteiger partial charge in [0.1, 0.15) is 17.5 Å². The molecule has 3 aromatic carbocycles. The van der Waals surface area contributed by atoms with Crippen molar-refractivity contribution in [2.24, 2.45) is 0 Å². The molecule has 1 unspecified atom stereocenters. The van der Waals surface area contributed by atoms with Crippen LogP contribution in [0.5, 0.6) is 0 Å². The number of esters is 1. The Kier molecular flexibility index (Phi) is 11.5. The number of ether oxygens (including phenoxy) is 1. The quantitative estimate of drug-likeness (QED) is 0.0570. The number of cyclic esters (lactones) is 1. The molecule has 5 aromatic rings. The van der Waals surface area contributed by atoms with Gasteiger partial charge in [0, 0.05) is 61.5 Å². The van der Waals surface area contributed by atoms with E-state index in [9.17, 15) is 33.9 Å². The maximum absolute atomic E-state index is 13.4. The van der Waals surface area contributed by atoms with Crippen LogP contribution < -0.4 is 21.3 Å². The van der Waals surface area contributed by atoms with Crippen molar-refractivity contribution in [2.45, 2.75) is 76.0 Å². The van der Waals surface area contributed by atoms with E-state index in [1.54, 1.807) is 35.4 Å². The smallest absolute Gasteiger partial charge is 0.339 e. The number of likely N-dealkylation sites (tertiary alicyclic amines) is 1. The largest absolute Gasteiger partial charge is 0.451 e. The number of aliphatic hydroxyl groups excluding tert-OH is 1. The summed E-state index contributed by atoms with van der Waals surface area (Å²) in [4.78, 5) is 88.5. The first-order valence-electron chi connectivity index (χ1n) is 21.5. The van der Waals surface area contributed by atoms with E-state index in [0.717, 1.165) is 16.0 Å². The Hall–Kier alpha value is -7.54. The average Bonchev–Trinajstić information content (AvgIpc) is 3.96. The van der Waals surface area contributed by atoms with Gasteiger partial charge in [0.25, 0.3) is 17.7 Å². The molecule has 4 aliphatic rings. The number of amides is 5. The number of benzene rings is 3. The van der Waals surface area contributed by atoms with Crippen molar-refractivity contribution < 1.29 is 43.0 Å². The molecule has 19 heteroatoms. The molecule has 5 amide bonds. The van der Waals surface area contributed by atoms with Gasteiger partial charge >= 0.3 is 5.97 Å². The first kappa shape index (κ1) is 42.7. The van der Waals surface area contributed by atoms with Crippen LogP contribution in [0.3, 0.4) is 0 Å². The van der Waals surface area contributed by atoms with E-state index in [0.29, 0.717) is 73.1 Å². The van der Waals surface area contributed by atoms with Crippen LogP contribution in [0.4, 0.5) is 23.1 Å². The molecule has 5 N–H and O–H groups in total. The Balaban J connectivity index is 0.822. The second-order valence-electron chi connectivity index (χ2n) is 16.8. The number of imide groups is 2. The molecule has 2 saturated heterocycles. The number of aromatic nitrogens is 4. The molecular formula is C46H46N10O9. The highest BCUT2D eigenvalue weighted by Crippen LogP contribution is 2.39. The molecule has 0 aliphatic carbocycles. The number of nitrogens with zero attached hydrogens (tertiary/aromatic N) is 6. The van der Waals surface area contributed by atoms with Gasteiger partial charge in [0.05, 0.1) is 34.9 Å². The van der Waals surface area contributed by atoms with Gasteiger partial charge in [0.15, 0.2) is 0 Å². The van der Waals surface area contributed by atoms with Crippen LogP contribution in [-0.2, 0) is 24.7 Å². The van der Waals surface area contributed by atoms with Crippen molar-refractivity contribution in [3.63, 3.8) is 0 Å². The average molecular weight is 883 g/mol. The second-order valence-corrected chi connectivity index (χ2v) is 16.8. The Bertz CT molecular complexity index is 2710. The number of carbonyl (C=O) groups is 6. The summed E-state index contributed by atoms with van der Waals surface area (Å²) in [7, 11) is 0. The van der Waals surface area contributed by atoms with E-state index >= 15 is 0 Å². The van der Waals surface area contributed by atoms with Gasteiger partial charge in [-0.2, -0.15) is 4.98 Å². The minimum absolute atomic E-state index is 0.0195. The van der Waals surface area contributed by atoms with E-state index in [2.05, 4.69) is 36.4 Å². The van der Waals surface area contributed by atoms with Crippen molar-refractivity contribution in [3.05, 3.63) is 107 Å². The Morgan fingerprint density at radius 2 is 1.74 bits per heavy atom. The number of anilines is 4. The molecular weight excluding hydrogens is 837 g/mol. The third kappa shape index (κ3) is 8.49. The van der Waals surface area contributed by atoms with Crippen LogP contribution >= 0.6 is 0 Å². The third-order valence-electron chi connectivity index (χ3n) is 12.2. The fourth-order valence-corrected chi connectivity index (χ4v) is 8.73. The monoisotopic (exact) mass is 882 g/mol. The second kappa shape index (κ2) is 17.6. The lowest BCUT2D eigenvalue weighted by atomic mass is 9.95. The van der Waals surface area contributed by atoms with Crippen LogP contribution in [0.15, 0.2) is 77.3 Å². The van der Waals surface area contributed by atoms with Gasteiger partial charge in [-0.1, -0.05) is 36.4 Å². The number of rotatable bonds is 14. The number of carbonyl (C=O) groups excluding carboxylic acids is 6. The lowest BCUT2D eigenvalue weighted by molar-refractivity contribution is -0.136. The van der Waals surface area contributed by atoms with Gasteiger partial charge in [0.2, 0.25) is 29.6 Å². The van der Waals surface area contributed by atoms with Crippen LogP contribution in [0.1, 0.15) is 112 Å². The molecule has 19 nitrogen and oxygen atoms in total. The lowest BCUT2D eigenvalue weighted by Gasteiger charge is -2.30. The van der Waals surface area contributed by atoms with Gasteiger partial charge in [-0.3, -0.25) is 34.2 Å². The van der Waals surface area contributed by atoms with Gasteiger partial charge < -0.3 is 35.1 Å².